The average Bonchev–Trinajstić information content (AvgIpc) is 2.96. The number of halogens is 3. The summed E-state index contributed by atoms with van der Waals surface area (Å²) in [6.07, 6.45) is 2.47. The first-order chi connectivity index (χ1) is 9.58. The number of pyridine rings is 1. The van der Waals surface area contributed by atoms with Gasteiger partial charge >= 0.3 is 0 Å². The first-order valence-electron chi connectivity index (χ1n) is 6.18. The van der Waals surface area contributed by atoms with Crippen LogP contribution in [0, 0.1) is 5.82 Å². The average molecular weight is 316 g/mol. The van der Waals surface area contributed by atoms with Gasteiger partial charge in [-0.15, -0.1) is 0 Å². The van der Waals surface area contributed by atoms with Crippen LogP contribution in [0.3, 0.4) is 0 Å². The van der Waals surface area contributed by atoms with Crippen LogP contribution >= 0.6 is 23.2 Å². The molecule has 0 saturated carbocycles. The van der Waals surface area contributed by atoms with Gasteiger partial charge in [-0.3, -0.25) is 0 Å². The first kappa shape index (κ1) is 13.7. The van der Waals surface area contributed by atoms with Crippen LogP contribution in [-0.2, 0) is 0 Å². The molecule has 1 aliphatic rings. The number of aromatic nitrogens is 3. The Hall–Kier alpha value is -1.24. The van der Waals surface area contributed by atoms with E-state index in [1.54, 1.807) is 0 Å². The fourth-order valence-electron chi connectivity index (χ4n) is 2.40. The molecule has 0 aliphatic carbocycles. The summed E-state index contributed by atoms with van der Waals surface area (Å²) < 4.78 is 14.0. The molecule has 0 aromatic carbocycles. The fraction of sp³-hybridized carbons (Fsp3) is 0.417. The summed E-state index contributed by atoms with van der Waals surface area (Å²) in [7, 11) is 1.91. The van der Waals surface area contributed by atoms with Gasteiger partial charge in [0.1, 0.15) is 11.3 Å². The van der Waals surface area contributed by atoms with Gasteiger partial charge in [-0.2, -0.15) is 4.98 Å². The zero-order valence-corrected chi connectivity index (χ0v) is 12.2. The van der Waals surface area contributed by atoms with Crippen molar-refractivity contribution in [2.24, 2.45) is 0 Å². The van der Waals surface area contributed by atoms with Gasteiger partial charge in [0.25, 0.3) is 0 Å². The second-order valence-corrected chi connectivity index (χ2v) is 5.40. The van der Waals surface area contributed by atoms with Gasteiger partial charge in [0.2, 0.25) is 5.28 Å². The SMILES string of the molecule is CN(c1nc(Cl)nc2c(F)c(Cl)ncc12)[C@@H]1CCNC1. The first-order valence-corrected chi connectivity index (χ1v) is 6.94. The molecule has 0 amide bonds. The van der Waals surface area contributed by atoms with Crippen molar-refractivity contribution in [2.45, 2.75) is 12.5 Å². The van der Waals surface area contributed by atoms with E-state index in [0.717, 1.165) is 19.5 Å². The third kappa shape index (κ3) is 2.28. The molecule has 0 spiro atoms. The maximum atomic E-state index is 14.0. The van der Waals surface area contributed by atoms with E-state index < -0.39 is 5.82 Å². The molecule has 106 valence electrons. The predicted molar refractivity (Wildman–Crippen MR) is 77.0 cm³/mol. The lowest BCUT2D eigenvalue weighted by atomic mass is 10.2. The van der Waals surface area contributed by atoms with Crippen LogP contribution < -0.4 is 10.2 Å². The van der Waals surface area contributed by atoms with Gasteiger partial charge < -0.3 is 10.2 Å². The molecule has 8 heteroatoms. The summed E-state index contributed by atoms with van der Waals surface area (Å²) >= 11 is 11.6. The van der Waals surface area contributed by atoms with Crippen LogP contribution in [0.25, 0.3) is 10.9 Å². The normalized spacial score (nSPS) is 18.7. The van der Waals surface area contributed by atoms with Crippen LogP contribution in [0.1, 0.15) is 6.42 Å². The molecular weight excluding hydrogens is 304 g/mol. The summed E-state index contributed by atoms with van der Waals surface area (Å²) in [4.78, 5) is 13.9. The predicted octanol–water partition coefficient (Wildman–Crippen LogP) is 2.27. The van der Waals surface area contributed by atoms with Gasteiger partial charge in [0, 0.05) is 25.8 Å². The molecule has 0 unspecified atom stereocenters. The number of hydrogen-bond acceptors (Lipinski definition) is 5. The van der Waals surface area contributed by atoms with Crippen molar-refractivity contribution in [3.8, 4) is 0 Å². The molecule has 3 rings (SSSR count). The number of nitrogens with zero attached hydrogens (tertiary/aromatic N) is 4. The molecule has 0 radical (unpaired) electrons. The van der Waals surface area contributed by atoms with Gasteiger partial charge in [-0.05, 0) is 24.6 Å². The Kier molecular flexibility index (Phi) is 3.62. The van der Waals surface area contributed by atoms with Crippen molar-refractivity contribution in [3.05, 3.63) is 22.5 Å². The molecule has 2 aromatic rings. The smallest absolute Gasteiger partial charge is 0.225 e. The highest BCUT2D eigenvalue weighted by atomic mass is 35.5. The van der Waals surface area contributed by atoms with Gasteiger partial charge in [-0.25, -0.2) is 14.4 Å². The quantitative estimate of drug-likeness (QED) is 0.680. The standard InChI is InChI=1S/C12H12Cl2FN5/c1-20(6-2-3-16-4-6)11-7-5-17-10(13)8(15)9(7)18-12(14)19-11/h5-6,16H,2-4H2,1H3/t6-/m1/s1. The van der Waals surface area contributed by atoms with Crippen LogP contribution in [0.5, 0.6) is 0 Å². The van der Waals surface area contributed by atoms with E-state index in [-0.39, 0.29) is 22.0 Å². The highest BCUT2D eigenvalue weighted by molar-refractivity contribution is 6.30. The number of anilines is 1. The minimum absolute atomic E-state index is 0.00790. The summed E-state index contributed by atoms with van der Waals surface area (Å²) in [6.45, 7) is 1.80. The Balaban J connectivity index is 2.17. The summed E-state index contributed by atoms with van der Waals surface area (Å²) in [5.74, 6) is -0.107. The van der Waals surface area contributed by atoms with Crippen LogP contribution in [0.15, 0.2) is 6.20 Å². The van der Waals surface area contributed by atoms with Crippen LogP contribution in [0.4, 0.5) is 10.2 Å². The molecule has 1 atom stereocenters. The molecule has 1 aliphatic heterocycles. The number of nitrogens with one attached hydrogen (secondary N) is 1. The molecule has 5 nitrogen and oxygen atoms in total. The lowest BCUT2D eigenvalue weighted by Gasteiger charge is -2.25. The lowest BCUT2D eigenvalue weighted by Crippen LogP contribution is -2.34. The third-order valence-corrected chi connectivity index (χ3v) is 3.94. The topological polar surface area (TPSA) is 53.9 Å². The maximum Gasteiger partial charge on any atom is 0.225 e. The van der Waals surface area contributed by atoms with Gasteiger partial charge in [0.05, 0.1) is 5.39 Å². The highest BCUT2D eigenvalue weighted by Crippen LogP contribution is 2.30. The number of rotatable bonds is 2. The fourth-order valence-corrected chi connectivity index (χ4v) is 2.71. The monoisotopic (exact) mass is 315 g/mol. The van der Waals surface area contributed by atoms with Crippen LogP contribution in [-0.4, -0.2) is 41.1 Å². The second-order valence-electron chi connectivity index (χ2n) is 4.70. The van der Waals surface area contributed by atoms with Crippen molar-refractivity contribution < 1.29 is 4.39 Å². The third-order valence-electron chi connectivity index (χ3n) is 3.51. The number of fused-ring (bicyclic) bond motifs is 1. The van der Waals surface area contributed by atoms with Crippen molar-refractivity contribution in [1.82, 2.24) is 20.3 Å². The molecular formula is C12H12Cl2FN5. The molecule has 1 saturated heterocycles. The lowest BCUT2D eigenvalue weighted by molar-refractivity contribution is 0.630. The molecule has 1 N–H and O–H groups in total. The molecule has 1 fully saturated rings. The summed E-state index contributed by atoms with van der Waals surface area (Å²) in [5.41, 5.74) is 0.0952. The number of hydrogen-bond donors (Lipinski definition) is 1. The zero-order valence-electron chi connectivity index (χ0n) is 10.7. The maximum absolute atomic E-state index is 14.0. The minimum atomic E-state index is -0.673. The summed E-state index contributed by atoms with van der Waals surface area (Å²) in [5, 5.41) is 3.56. The van der Waals surface area contributed by atoms with Crippen molar-refractivity contribution in [3.63, 3.8) is 0 Å². The van der Waals surface area contributed by atoms with Gasteiger partial charge in [-0.1, -0.05) is 11.6 Å². The molecule has 2 aromatic heterocycles. The Labute approximate surface area is 125 Å². The van der Waals surface area contributed by atoms with Gasteiger partial charge in [0.15, 0.2) is 11.0 Å². The van der Waals surface area contributed by atoms with E-state index in [1.807, 2.05) is 11.9 Å². The van der Waals surface area contributed by atoms with E-state index in [9.17, 15) is 4.39 Å². The largest absolute Gasteiger partial charge is 0.355 e. The molecule has 20 heavy (non-hydrogen) atoms. The van der Waals surface area contributed by atoms with Crippen molar-refractivity contribution in [2.75, 3.05) is 25.0 Å². The number of likely N-dealkylation sites (N-methyl/N-ethyl adjacent to an activating group) is 1. The highest BCUT2D eigenvalue weighted by Gasteiger charge is 2.24. The Morgan fingerprint density at radius 1 is 1.40 bits per heavy atom. The summed E-state index contributed by atoms with van der Waals surface area (Å²) in [6, 6.07) is 0.280. The van der Waals surface area contributed by atoms with E-state index in [4.69, 9.17) is 23.2 Å². The van der Waals surface area contributed by atoms with Crippen molar-refractivity contribution >= 4 is 39.9 Å². The Morgan fingerprint density at radius 2 is 2.20 bits per heavy atom. The zero-order chi connectivity index (χ0) is 14.3. The van der Waals surface area contributed by atoms with E-state index >= 15 is 0 Å². The Morgan fingerprint density at radius 3 is 2.90 bits per heavy atom. The van der Waals surface area contributed by atoms with E-state index in [0.29, 0.717) is 11.2 Å². The minimum Gasteiger partial charge on any atom is -0.355 e. The van der Waals surface area contributed by atoms with Crippen LogP contribution in [0.2, 0.25) is 10.4 Å². The molecule has 3 heterocycles. The molecule has 0 bridgehead atoms. The van der Waals surface area contributed by atoms with Crippen molar-refractivity contribution in [1.29, 1.82) is 0 Å². The Bertz CT molecular complexity index is 660. The van der Waals surface area contributed by atoms with E-state index in [2.05, 4.69) is 20.3 Å². The second kappa shape index (κ2) is 5.27. The van der Waals surface area contributed by atoms with E-state index in [1.165, 1.54) is 6.20 Å².